The number of likely N-dealkylation sites (N-methyl/N-ethyl adjacent to an activating group) is 1. The predicted octanol–water partition coefficient (Wildman–Crippen LogP) is 1.47. The highest BCUT2D eigenvalue weighted by Gasteiger charge is 2.38. The molecule has 0 bridgehead atoms. The summed E-state index contributed by atoms with van der Waals surface area (Å²) in [5.74, 6) is 2.95. The summed E-state index contributed by atoms with van der Waals surface area (Å²) < 4.78 is 0. The lowest BCUT2D eigenvalue weighted by atomic mass is 9.95. The van der Waals surface area contributed by atoms with Crippen molar-refractivity contribution in [1.29, 1.82) is 0 Å². The van der Waals surface area contributed by atoms with Crippen molar-refractivity contribution in [3.63, 3.8) is 0 Å². The van der Waals surface area contributed by atoms with Crippen molar-refractivity contribution in [2.24, 2.45) is 0 Å². The maximum Gasteiger partial charge on any atom is 0.0942 e. The smallest absolute Gasteiger partial charge is 0.0942 e. The minimum atomic E-state index is -0.103. The van der Waals surface area contributed by atoms with Crippen LogP contribution in [0.2, 0.25) is 0 Å². The van der Waals surface area contributed by atoms with Gasteiger partial charge in [-0.25, -0.2) is 0 Å². The average molecular weight is 194 g/mol. The van der Waals surface area contributed by atoms with E-state index in [1.54, 1.807) is 0 Å². The summed E-state index contributed by atoms with van der Waals surface area (Å²) in [6.45, 7) is 11.9. The number of nitrogens with one attached hydrogen (secondary N) is 1. The molecule has 1 N–H and O–H groups in total. The summed E-state index contributed by atoms with van der Waals surface area (Å²) in [5.41, 5.74) is -0.00954. The Labute approximate surface area is 88.1 Å². The maximum absolute atomic E-state index is 5.65. The number of terminal acetylenes is 1. The van der Waals surface area contributed by atoms with Gasteiger partial charge in [0.1, 0.15) is 0 Å². The standard InChI is InChI=1S/C12H22N2/c1-6-12(13-11(3,4)5)8-9-14(7-2)10-12/h1,13H,7-10H2,2-5H3. The van der Waals surface area contributed by atoms with Gasteiger partial charge in [-0.05, 0) is 33.7 Å². The van der Waals surface area contributed by atoms with Crippen LogP contribution in [-0.4, -0.2) is 35.6 Å². The van der Waals surface area contributed by atoms with Gasteiger partial charge in [0.15, 0.2) is 0 Å². The van der Waals surface area contributed by atoms with E-state index in [-0.39, 0.29) is 11.1 Å². The molecule has 0 radical (unpaired) electrons. The van der Waals surface area contributed by atoms with Gasteiger partial charge in [0.2, 0.25) is 0 Å². The highest BCUT2D eigenvalue weighted by atomic mass is 15.2. The van der Waals surface area contributed by atoms with Crippen LogP contribution in [0.1, 0.15) is 34.1 Å². The van der Waals surface area contributed by atoms with Gasteiger partial charge in [-0.15, -0.1) is 6.42 Å². The molecular weight excluding hydrogens is 172 g/mol. The van der Waals surface area contributed by atoms with Crippen molar-refractivity contribution in [2.45, 2.75) is 45.2 Å². The molecule has 0 aliphatic carbocycles. The minimum Gasteiger partial charge on any atom is -0.301 e. The highest BCUT2D eigenvalue weighted by Crippen LogP contribution is 2.23. The number of hydrogen-bond acceptors (Lipinski definition) is 2. The summed E-state index contributed by atoms with van der Waals surface area (Å²) >= 11 is 0. The molecular formula is C12H22N2. The second kappa shape index (κ2) is 3.92. The molecule has 2 heteroatoms. The zero-order chi connectivity index (χ0) is 10.8. The van der Waals surface area contributed by atoms with E-state index in [1.165, 1.54) is 0 Å². The Morgan fingerprint density at radius 2 is 2.14 bits per heavy atom. The monoisotopic (exact) mass is 194 g/mol. The molecule has 0 aromatic rings. The largest absolute Gasteiger partial charge is 0.301 e. The zero-order valence-electron chi connectivity index (χ0n) is 9.85. The number of rotatable bonds is 2. The van der Waals surface area contributed by atoms with E-state index in [0.717, 1.165) is 26.1 Å². The van der Waals surface area contributed by atoms with Crippen LogP contribution in [0.4, 0.5) is 0 Å². The molecule has 1 fully saturated rings. The molecule has 0 aromatic carbocycles. The van der Waals surface area contributed by atoms with Crippen LogP contribution in [0.5, 0.6) is 0 Å². The summed E-state index contributed by atoms with van der Waals surface area (Å²) in [5, 5.41) is 3.57. The molecule has 0 spiro atoms. The van der Waals surface area contributed by atoms with Crippen molar-refractivity contribution in [3.05, 3.63) is 0 Å². The average Bonchev–Trinajstić information content (AvgIpc) is 2.46. The summed E-state index contributed by atoms with van der Waals surface area (Å²) in [6, 6.07) is 0. The predicted molar refractivity (Wildman–Crippen MR) is 61.2 cm³/mol. The molecule has 0 aromatic heterocycles. The summed E-state index contributed by atoms with van der Waals surface area (Å²) in [4.78, 5) is 2.40. The van der Waals surface area contributed by atoms with E-state index >= 15 is 0 Å². The first kappa shape index (κ1) is 11.6. The van der Waals surface area contributed by atoms with Gasteiger partial charge in [-0.2, -0.15) is 0 Å². The Morgan fingerprint density at radius 3 is 2.50 bits per heavy atom. The first-order valence-electron chi connectivity index (χ1n) is 5.40. The van der Waals surface area contributed by atoms with Gasteiger partial charge in [0, 0.05) is 18.6 Å². The number of likely N-dealkylation sites (tertiary alicyclic amines) is 1. The molecule has 0 amide bonds. The van der Waals surface area contributed by atoms with Gasteiger partial charge < -0.3 is 4.90 Å². The van der Waals surface area contributed by atoms with Gasteiger partial charge >= 0.3 is 0 Å². The topological polar surface area (TPSA) is 15.3 Å². The van der Waals surface area contributed by atoms with Crippen LogP contribution < -0.4 is 5.32 Å². The molecule has 1 saturated heterocycles. The van der Waals surface area contributed by atoms with Gasteiger partial charge in [-0.3, -0.25) is 5.32 Å². The van der Waals surface area contributed by atoms with Crippen LogP contribution in [0, 0.1) is 12.3 Å². The quantitative estimate of drug-likeness (QED) is 0.670. The lowest BCUT2D eigenvalue weighted by Gasteiger charge is -2.33. The fourth-order valence-corrected chi connectivity index (χ4v) is 2.13. The van der Waals surface area contributed by atoms with Gasteiger partial charge in [-0.1, -0.05) is 12.8 Å². The Morgan fingerprint density at radius 1 is 1.50 bits per heavy atom. The van der Waals surface area contributed by atoms with Crippen molar-refractivity contribution in [2.75, 3.05) is 19.6 Å². The lowest BCUT2D eigenvalue weighted by molar-refractivity contribution is 0.281. The number of nitrogens with zero attached hydrogens (tertiary/aromatic N) is 1. The molecule has 0 saturated carbocycles. The van der Waals surface area contributed by atoms with E-state index in [0.29, 0.717) is 0 Å². The van der Waals surface area contributed by atoms with E-state index in [1.807, 2.05) is 0 Å². The Hall–Kier alpha value is -0.520. The van der Waals surface area contributed by atoms with Crippen molar-refractivity contribution >= 4 is 0 Å². The Balaban J connectivity index is 2.67. The van der Waals surface area contributed by atoms with Crippen LogP contribution in [0.25, 0.3) is 0 Å². The molecule has 1 unspecified atom stereocenters. The molecule has 1 heterocycles. The fraction of sp³-hybridized carbons (Fsp3) is 0.833. The third kappa shape index (κ3) is 2.73. The van der Waals surface area contributed by atoms with E-state index in [9.17, 15) is 0 Å². The Bertz CT molecular complexity index is 234. The summed E-state index contributed by atoms with van der Waals surface area (Å²) in [6.07, 6.45) is 6.72. The van der Waals surface area contributed by atoms with Crippen molar-refractivity contribution < 1.29 is 0 Å². The third-order valence-electron chi connectivity index (χ3n) is 2.69. The molecule has 2 nitrogen and oxygen atoms in total. The second-order valence-corrected chi connectivity index (χ2v) is 5.22. The first-order chi connectivity index (χ1) is 6.41. The SMILES string of the molecule is C#CC1(NC(C)(C)C)CCN(CC)C1. The Kier molecular flexibility index (Phi) is 3.24. The number of hydrogen-bond donors (Lipinski definition) is 1. The van der Waals surface area contributed by atoms with Crippen LogP contribution in [0.3, 0.4) is 0 Å². The molecule has 1 atom stereocenters. The van der Waals surface area contributed by atoms with Crippen molar-refractivity contribution in [1.82, 2.24) is 10.2 Å². The van der Waals surface area contributed by atoms with E-state index < -0.39 is 0 Å². The molecule has 14 heavy (non-hydrogen) atoms. The minimum absolute atomic E-state index is 0.0934. The fourth-order valence-electron chi connectivity index (χ4n) is 2.13. The molecule has 80 valence electrons. The summed E-state index contributed by atoms with van der Waals surface area (Å²) in [7, 11) is 0. The van der Waals surface area contributed by atoms with Crippen molar-refractivity contribution in [3.8, 4) is 12.3 Å². The third-order valence-corrected chi connectivity index (χ3v) is 2.69. The molecule has 1 rings (SSSR count). The maximum atomic E-state index is 5.65. The van der Waals surface area contributed by atoms with Crippen LogP contribution in [-0.2, 0) is 0 Å². The van der Waals surface area contributed by atoms with Crippen LogP contribution >= 0.6 is 0 Å². The zero-order valence-corrected chi connectivity index (χ0v) is 9.85. The van der Waals surface area contributed by atoms with Crippen LogP contribution in [0.15, 0.2) is 0 Å². The van der Waals surface area contributed by atoms with E-state index in [4.69, 9.17) is 6.42 Å². The first-order valence-corrected chi connectivity index (χ1v) is 5.40. The normalized spacial score (nSPS) is 29.1. The van der Waals surface area contributed by atoms with Gasteiger partial charge in [0.05, 0.1) is 5.54 Å². The molecule has 1 aliphatic rings. The molecule has 1 aliphatic heterocycles. The van der Waals surface area contributed by atoms with E-state index in [2.05, 4.69) is 43.8 Å². The highest BCUT2D eigenvalue weighted by molar-refractivity contribution is 5.18. The van der Waals surface area contributed by atoms with Gasteiger partial charge in [0.25, 0.3) is 0 Å². The second-order valence-electron chi connectivity index (χ2n) is 5.22. The lowest BCUT2D eigenvalue weighted by Crippen LogP contribution is -2.54.